The van der Waals surface area contributed by atoms with E-state index in [1.54, 1.807) is 13.8 Å². The quantitative estimate of drug-likeness (QED) is 0.592. The monoisotopic (exact) mass is 411 g/mol. The van der Waals surface area contributed by atoms with Crippen molar-refractivity contribution >= 4 is 27.8 Å². The zero-order valence-corrected chi connectivity index (χ0v) is 16.8. The fourth-order valence-corrected chi connectivity index (χ4v) is 4.24. The molecule has 0 aromatic heterocycles. The molecule has 10 heteroatoms. The van der Waals surface area contributed by atoms with Crippen LogP contribution < -0.4 is 10.6 Å². The van der Waals surface area contributed by atoms with Crippen molar-refractivity contribution in [2.75, 3.05) is 26.2 Å². The minimum Gasteiger partial charge on any atom is -0.452 e. The number of nitrogens with zero attached hydrogens (tertiary/aromatic N) is 1. The maximum Gasteiger partial charge on any atom is 0.338 e. The topological polar surface area (TPSA) is 122 Å². The van der Waals surface area contributed by atoms with E-state index in [1.807, 2.05) is 0 Å². The average molecular weight is 411 g/mol. The first-order valence-corrected chi connectivity index (χ1v) is 10.5. The van der Waals surface area contributed by atoms with Crippen LogP contribution in [0.1, 0.15) is 37.0 Å². The Morgan fingerprint density at radius 3 is 2.46 bits per heavy atom. The van der Waals surface area contributed by atoms with Gasteiger partial charge in [-0.15, -0.1) is 0 Å². The van der Waals surface area contributed by atoms with Crippen molar-refractivity contribution in [1.82, 2.24) is 14.9 Å². The molecule has 0 unspecified atom stereocenters. The van der Waals surface area contributed by atoms with Gasteiger partial charge in [-0.2, -0.15) is 4.31 Å². The second-order valence-electron chi connectivity index (χ2n) is 6.71. The molecule has 0 aliphatic carbocycles. The summed E-state index contributed by atoms with van der Waals surface area (Å²) in [5, 5.41) is 4.95. The number of nitrogens with one attached hydrogen (secondary N) is 2. The molecule has 2 rings (SSSR count). The van der Waals surface area contributed by atoms with Crippen molar-refractivity contribution in [2.45, 2.75) is 37.6 Å². The van der Waals surface area contributed by atoms with Crippen LogP contribution in [0.25, 0.3) is 0 Å². The summed E-state index contributed by atoms with van der Waals surface area (Å²) in [6.45, 7) is 3.71. The molecule has 0 radical (unpaired) electrons. The summed E-state index contributed by atoms with van der Waals surface area (Å²) in [6.07, 6.45) is 1.62. The Bertz CT molecular complexity index is 831. The Morgan fingerprint density at radius 1 is 1.14 bits per heavy atom. The lowest BCUT2D eigenvalue weighted by Gasteiger charge is -2.15. The third kappa shape index (κ3) is 6.03. The molecule has 2 N–H and O–H groups in total. The standard InChI is InChI=1S/C18H25N3O6S/c1-13(2)20-16(22)11-19-17(23)12-27-18(24)14-6-5-7-15(10-14)28(25,26)21-8-3-4-9-21/h5-7,10,13H,3-4,8-9,11-12H2,1-2H3,(H,19,23)(H,20,22). The van der Waals surface area contributed by atoms with Gasteiger partial charge in [0.25, 0.3) is 5.91 Å². The maximum absolute atomic E-state index is 12.6. The normalized spacial score (nSPS) is 14.7. The number of hydrogen-bond acceptors (Lipinski definition) is 6. The lowest BCUT2D eigenvalue weighted by molar-refractivity contribution is -0.128. The van der Waals surface area contributed by atoms with Crippen molar-refractivity contribution in [2.24, 2.45) is 0 Å². The molecular formula is C18H25N3O6S. The van der Waals surface area contributed by atoms with Crippen LogP contribution >= 0.6 is 0 Å². The number of sulfonamides is 1. The van der Waals surface area contributed by atoms with Crippen LogP contribution in [0.2, 0.25) is 0 Å². The first-order chi connectivity index (χ1) is 13.2. The van der Waals surface area contributed by atoms with Gasteiger partial charge in [0.15, 0.2) is 6.61 Å². The van der Waals surface area contributed by atoms with Crippen LogP contribution in [0, 0.1) is 0 Å². The molecule has 0 spiro atoms. The van der Waals surface area contributed by atoms with Gasteiger partial charge in [0.2, 0.25) is 15.9 Å². The third-order valence-corrected chi connectivity index (χ3v) is 5.90. The number of esters is 1. The van der Waals surface area contributed by atoms with E-state index in [2.05, 4.69) is 10.6 Å². The molecular weight excluding hydrogens is 386 g/mol. The Balaban J connectivity index is 1.91. The van der Waals surface area contributed by atoms with E-state index in [0.29, 0.717) is 13.1 Å². The first kappa shape index (κ1) is 21.8. The Labute approximate surface area is 164 Å². The highest BCUT2D eigenvalue weighted by Crippen LogP contribution is 2.21. The summed E-state index contributed by atoms with van der Waals surface area (Å²) < 4.78 is 31.4. The molecule has 0 bridgehead atoms. The molecule has 1 aromatic carbocycles. The van der Waals surface area contributed by atoms with Crippen molar-refractivity contribution < 1.29 is 27.5 Å². The summed E-state index contributed by atoms with van der Waals surface area (Å²) >= 11 is 0. The molecule has 1 aliphatic rings. The minimum atomic E-state index is -3.65. The molecule has 2 amide bonds. The lowest BCUT2D eigenvalue weighted by atomic mass is 10.2. The van der Waals surface area contributed by atoms with Gasteiger partial charge in [-0.05, 0) is 44.9 Å². The molecule has 28 heavy (non-hydrogen) atoms. The predicted octanol–water partition coefficient (Wildman–Crippen LogP) is 0.269. The van der Waals surface area contributed by atoms with Gasteiger partial charge in [0.1, 0.15) is 0 Å². The Hall–Kier alpha value is -2.46. The summed E-state index contributed by atoms with van der Waals surface area (Å²) in [7, 11) is -3.65. The molecule has 1 fully saturated rings. The Morgan fingerprint density at radius 2 is 1.82 bits per heavy atom. The van der Waals surface area contributed by atoms with E-state index in [9.17, 15) is 22.8 Å². The maximum atomic E-state index is 12.6. The van der Waals surface area contributed by atoms with Crippen LogP contribution in [0.4, 0.5) is 0 Å². The molecule has 0 atom stereocenters. The summed E-state index contributed by atoms with van der Waals surface area (Å²) in [4.78, 5) is 35.3. The van der Waals surface area contributed by atoms with E-state index in [0.717, 1.165) is 12.8 Å². The fourth-order valence-electron chi connectivity index (χ4n) is 2.68. The number of ether oxygens (including phenoxy) is 1. The van der Waals surface area contributed by atoms with Gasteiger partial charge in [0, 0.05) is 19.1 Å². The van der Waals surface area contributed by atoms with E-state index in [1.165, 1.54) is 28.6 Å². The smallest absolute Gasteiger partial charge is 0.338 e. The van der Waals surface area contributed by atoms with Gasteiger partial charge in [-0.25, -0.2) is 13.2 Å². The van der Waals surface area contributed by atoms with Gasteiger partial charge in [0.05, 0.1) is 17.0 Å². The zero-order valence-electron chi connectivity index (χ0n) is 15.9. The number of benzene rings is 1. The number of amides is 2. The van der Waals surface area contributed by atoms with Crippen LogP contribution in [0.5, 0.6) is 0 Å². The first-order valence-electron chi connectivity index (χ1n) is 9.03. The van der Waals surface area contributed by atoms with E-state index in [4.69, 9.17) is 4.74 Å². The molecule has 9 nitrogen and oxygen atoms in total. The molecule has 154 valence electrons. The molecule has 1 heterocycles. The highest BCUT2D eigenvalue weighted by atomic mass is 32.2. The van der Waals surface area contributed by atoms with Crippen molar-refractivity contribution in [3.8, 4) is 0 Å². The summed E-state index contributed by atoms with van der Waals surface area (Å²) in [6, 6.07) is 5.48. The second kappa shape index (κ2) is 9.65. The van der Waals surface area contributed by atoms with Crippen molar-refractivity contribution in [3.05, 3.63) is 29.8 Å². The van der Waals surface area contributed by atoms with Crippen LogP contribution in [0.3, 0.4) is 0 Å². The third-order valence-electron chi connectivity index (χ3n) is 4.00. The molecule has 1 aliphatic heterocycles. The highest BCUT2D eigenvalue weighted by molar-refractivity contribution is 7.89. The van der Waals surface area contributed by atoms with Crippen LogP contribution in [0.15, 0.2) is 29.2 Å². The Kier molecular flexibility index (Phi) is 7.53. The van der Waals surface area contributed by atoms with Crippen LogP contribution in [-0.2, 0) is 24.3 Å². The van der Waals surface area contributed by atoms with Crippen molar-refractivity contribution in [1.29, 1.82) is 0 Å². The largest absolute Gasteiger partial charge is 0.452 e. The number of hydrogen-bond donors (Lipinski definition) is 2. The summed E-state index contributed by atoms with van der Waals surface area (Å²) in [5.41, 5.74) is 0.0330. The summed E-state index contributed by atoms with van der Waals surface area (Å²) in [5.74, 6) is -1.80. The van der Waals surface area contributed by atoms with Gasteiger partial charge < -0.3 is 15.4 Å². The van der Waals surface area contributed by atoms with Gasteiger partial charge >= 0.3 is 5.97 Å². The molecule has 0 saturated carbocycles. The predicted molar refractivity (Wildman–Crippen MR) is 101 cm³/mol. The van der Waals surface area contributed by atoms with E-state index >= 15 is 0 Å². The number of carbonyl (C=O) groups is 3. The highest BCUT2D eigenvalue weighted by Gasteiger charge is 2.27. The van der Waals surface area contributed by atoms with Crippen molar-refractivity contribution in [3.63, 3.8) is 0 Å². The minimum absolute atomic E-state index is 0.0126. The van der Waals surface area contributed by atoms with E-state index in [-0.39, 0.29) is 29.0 Å². The van der Waals surface area contributed by atoms with Gasteiger partial charge in [-0.1, -0.05) is 6.07 Å². The van der Waals surface area contributed by atoms with Crippen LogP contribution in [-0.4, -0.2) is 62.8 Å². The van der Waals surface area contributed by atoms with Gasteiger partial charge in [-0.3, -0.25) is 9.59 Å². The average Bonchev–Trinajstić information content (AvgIpc) is 3.19. The number of carbonyl (C=O) groups excluding carboxylic acids is 3. The second-order valence-corrected chi connectivity index (χ2v) is 8.65. The lowest BCUT2D eigenvalue weighted by Crippen LogP contribution is -2.41. The molecule has 1 saturated heterocycles. The number of rotatable bonds is 8. The van der Waals surface area contributed by atoms with E-state index < -0.39 is 28.5 Å². The molecule has 1 aromatic rings. The fraction of sp³-hybridized carbons (Fsp3) is 0.500. The zero-order chi connectivity index (χ0) is 20.7. The SMILES string of the molecule is CC(C)NC(=O)CNC(=O)COC(=O)c1cccc(S(=O)(=O)N2CCCC2)c1.